The maximum atomic E-state index is 10.1. The van der Waals surface area contributed by atoms with Crippen LogP contribution in [0.3, 0.4) is 0 Å². The van der Waals surface area contributed by atoms with E-state index in [1.807, 2.05) is 6.07 Å². The molecule has 0 aliphatic carbocycles. The molecule has 3 nitrogen and oxygen atoms in total. The molecule has 0 atom stereocenters. The first-order chi connectivity index (χ1) is 6.22. The van der Waals surface area contributed by atoms with Crippen LogP contribution in [-0.4, -0.2) is 7.32 Å². The van der Waals surface area contributed by atoms with Crippen LogP contribution in [-0.2, 0) is 6.42 Å². The predicted octanol–water partition coefficient (Wildman–Crippen LogP) is -5.82. The Morgan fingerprint density at radius 1 is 1.33 bits per heavy atom. The van der Waals surface area contributed by atoms with Crippen LogP contribution in [0.1, 0.15) is 24.6 Å². The van der Waals surface area contributed by atoms with Crippen LogP contribution in [0.5, 0.6) is 5.06 Å². The van der Waals surface area contributed by atoms with Crippen molar-refractivity contribution in [1.82, 2.24) is 0 Å². The molecule has 15 heavy (non-hydrogen) atoms. The van der Waals surface area contributed by atoms with E-state index in [1.54, 1.807) is 6.07 Å². The number of aryl methyl sites for hydroxylation is 1. The van der Waals surface area contributed by atoms with Crippen molar-refractivity contribution in [1.29, 1.82) is 0 Å². The molecule has 0 fully saturated rings. The van der Waals surface area contributed by atoms with Gasteiger partial charge in [-0.1, -0.05) is 13.3 Å². The zero-order valence-corrected chi connectivity index (χ0v) is 14.3. The van der Waals surface area contributed by atoms with Gasteiger partial charge in [0.05, 0.1) is 0 Å². The summed E-state index contributed by atoms with van der Waals surface area (Å²) >= 11 is 1.38. The smallest absolute Gasteiger partial charge is 0.860 e. The van der Waals surface area contributed by atoms with E-state index in [9.17, 15) is 10.0 Å². The van der Waals surface area contributed by atoms with E-state index in [4.69, 9.17) is 0 Å². The van der Waals surface area contributed by atoms with Crippen molar-refractivity contribution in [2.24, 2.45) is 0 Å². The van der Waals surface area contributed by atoms with Crippen LogP contribution in [0.4, 0.5) is 0 Å². The Bertz CT molecular complexity index is 258. The molecule has 0 aliphatic heterocycles. The van der Waals surface area contributed by atoms with E-state index in [0.29, 0.717) is 5.06 Å². The maximum Gasteiger partial charge on any atom is 1.00 e. The number of rotatable bonds is 5. The SMILES string of the molecule is CCCCc1ccc(OB([O-])[O-])s1.[Na+].[Na+]. The van der Waals surface area contributed by atoms with E-state index in [0.717, 1.165) is 24.1 Å². The van der Waals surface area contributed by atoms with Crippen molar-refractivity contribution in [3.63, 3.8) is 0 Å². The molecule has 0 N–H and O–H groups in total. The van der Waals surface area contributed by atoms with E-state index < -0.39 is 7.32 Å². The third-order valence-corrected chi connectivity index (χ3v) is 2.66. The molecule has 0 spiro atoms. The molecule has 0 aliphatic rings. The summed E-state index contributed by atoms with van der Waals surface area (Å²) in [7, 11) is -2.21. The van der Waals surface area contributed by atoms with Gasteiger partial charge in [-0.05, 0) is 25.0 Å². The van der Waals surface area contributed by atoms with Gasteiger partial charge in [-0.2, -0.15) is 0 Å². The fourth-order valence-electron chi connectivity index (χ4n) is 1.00. The molecule has 0 saturated heterocycles. The van der Waals surface area contributed by atoms with Crippen LogP contribution in [0.15, 0.2) is 12.1 Å². The van der Waals surface area contributed by atoms with Gasteiger partial charge in [-0.25, -0.2) is 0 Å². The monoisotopic (exact) mass is 244 g/mol. The van der Waals surface area contributed by atoms with Crippen molar-refractivity contribution >= 4 is 18.7 Å². The van der Waals surface area contributed by atoms with Crippen LogP contribution in [0, 0.1) is 0 Å². The fourth-order valence-corrected chi connectivity index (χ4v) is 1.91. The quantitative estimate of drug-likeness (QED) is 0.485. The topological polar surface area (TPSA) is 55.3 Å². The number of unbranched alkanes of at least 4 members (excludes halogenated alkanes) is 1. The Balaban J connectivity index is 0. The Hall–Kier alpha value is 1.48. The summed E-state index contributed by atoms with van der Waals surface area (Å²) in [6.45, 7) is 2.12. The molecule has 0 amide bonds. The fraction of sp³-hybridized carbons (Fsp3) is 0.500. The second kappa shape index (κ2) is 10.6. The van der Waals surface area contributed by atoms with E-state index in [-0.39, 0.29) is 59.1 Å². The van der Waals surface area contributed by atoms with E-state index in [2.05, 4.69) is 11.6 Å². The van der Waals surface area contributed by atoms with Gasteiger partial charge in [0.1, 0.15) is 7.32 Å². The largest absolute Gasteiger partial charge is 1.00 e. The van der Waals surface area contributed by atoms with Crippen molar-refractivity contribution in [2.45, 2.75) is 26.2 Å². The van der Waals surface area contributed by atoms with Crippen molar-refractivity contribution in [3.05, 3.63) is 17.0 Å². The van der Waals surface area contributed by atoms with Gasteiger partial charge < -0.3 is 14.7 Å². The average Bonchev–Trinajstić information content (AvgIpc) is 2.48. The van der Waals surface area contributed by atoms with Gasteiger partial charge >= 0.3 is 59.1 Å². The van der Waals surface area contributed by atoms with E-state index >= 15 is 0 Å². The van der Waals surface area contributed by atoms with Crippen LogP contribution in [0.25, 0.3) is 0 Å². The van der Waals surface area contributed by atoms with Crippen molar-refractivity contribution in [2.75, 3.05) is 0 Å². The Morgan fingerprint density at radius 3 is 2.53 bits per heavy atom. The van der Waals surface area contributed by atoms with Gasteiger partial charge in [-0.3, -0.25) is 0 Å². The third-order valence-electron chi connectivity index (χ3n) is 1.63. The van der Waals surface area contributed by atoms with Crippen molar-refractivity contribution < 1.29 is 73.8 Å². The molecule has 1 rings (SSSR count). The zero-order valence-electron chi connectivity index (χ0n) is 9.49. The summed E-state index contributed by atoms with van der Waals surface area (Å²) in [6.07, 6.45) is 3.25. The molecule has 0 bridgehead atoms. The summed E-state index contributed by atoms with van der Waals surface area (Å²) in [4.78, 5) is 1.16. The number of hydrogen-bond acceptors (Lipinski definition) is 4. The molecular weight excluding hydrogens is 233 g/mol. The Kier molecular flexibility index (Phi) is 13.3. The second-order valence-electron chi connectivity index (χ2n) is 2.73. The first kappa shape index (κ1) is 18.8. The molecule has 1 heterocycles. The van der Waals surface area contributed by atoms with E-state index in [1.165, 1.54) is 11.3 Å². The Labute approximate surface area is 139 Å². The molecular formula is C8H11BNa2O3S. The predicted molar refractivity (Wildman–Crippen MR) is 49.3 cm³/mol. The number of thiophene rings is 1. The van der Waals surface area contributed by atoms with Gasteiger partial charge in [0.25, 0.3) is 0 Å². The van der Waals surface area contributed by atoms with Gasteiger partial charge in [0, 0.05) is 4.88 Å². The van der Waals surface area contributed by atoms with Gasteiger partial charge in [0.15, 0.2) is 5.06 Å². The molecule has 1 aromatic heterocycles. The van der Waals surface area contributed by atoms with Crippen LogP contribution < -0.4 is 73.8 Å². The van der Waals surface area contributed by atoms with Gasteiger partial charge in [0.2, 0.25) is 0 Å². The summed E-state index contributed by atoms with van der Waals surface area (Å²) in [6, 6.07) is 3.58. The van der Waals surface area contributed by atoms with Crippen molar-refractivity contribution in [3.8, 4) is 5.06 Å². The standard InChI is InChI=1S/C8H11BO3S.2Na/c1-2-3-4-7-5-6-8(13-7)12-9(10)11;;/h5-6H,2-4H2,1H3;;/q-2;2*+1. The molecule has 7 heteroatoms. The minimum absolute atomic E-state index is 0. The Morgan fingerprint density at radius 2 is 2.00 bits per heavy atom. The minimum atomic E-state index is -2.21. The molecule has 0 saturated carbocycles. The maximum absolute atomic E-state index is 10.1. The van der Waals surface area contributed by atoms with Gasteiger partial charge in [-0.15, -0.1) is 11.3 Å². The third kappa shape index (κ3) is 8.24. The molecule has 1 aromatic rings. The summed E-state index contributed by atoms with van der Waals surface area (Å²) < 4.78 is 4.48. The average molecular weight is 244 g/mol. The summed E-state index contributed by atoms with van der Waals surface area (Å²) in [5.74, 6) is 0. The second-order valence-corrected chi connectivity index (χ2v) is 3.86. The first-order valence-corrected chi connectivity index (χ1v) is 5.11. The zero-order chi connectivity index (χ0) is 9.68. The molecule has 72 valence electrons. The summed E-state index contributed by atoms with van der Waals surface area (Å²) in [5, 5.41) is 20.7. The number of hydrogen-bond donors (Lipinski definition) is 0. The molecule has 0 unspecified atom stereocenters. The summed E-state index contributed by atoms with van der Waals surface area (Å²) in [5.41, 5.74) is 0. The molecule has 0 aromatic carbocycles. The van der Waals surface area contributed by atoms with Crippen LogP contribution >= 0.6 is 11.3 Å². The first-order valence-electron chi connectivity index (χ1n) is 4.29. The normalized spacial score (nSPS) is 8.73. The van der Waals surface area contributed by atoms with Crippen LogP contribution in [0.2, 0.25) is 0 Å². The molecule has 0 radical (unpaired) electrons. The minimum Gasteiger partial charge on any atom is -0.860 e.